The molecule has 4 nitrogen and oxygen atoms in total. The third-order valence-corrected chi connectivity index (χ3v) is 3.11. The SMILES string of the molecule is CC(Nc1nc(N)ncc1F)c1ccc(Cl)cc1Cl. The van der Waals surface area contributed by atoms with Gasteiger partial charge in [0.1, 0.15) is 0 Å². The highest BCUT2D eigenvalue weighted by Gasteiger charge is 2.13. The van der Waals surface area contributed by atoms with Gasteiger partial charge in [0.25, 0.3) is 0 Å². The van der Waals surface area contributed by atoms with Crippen LogP contribution < -0.4 is 11.1 Å². The molecule has 0 aliphatic carbocycles. The van der Waals surface area contributed by atoms with Crippen molar-refractivity contribution in [2.45, 2.75) is 13.0 Å². The average Bonchev–Trinajstić information content (AvgIpc) is 2.33. The van der Waals surface area contributed by atoms with Crippen LogP contribution in [-0.2, 0) is 0 Å². The van der Waals surface area contributed by atoms with Crippen molar-refractivity contribution in [1.82, 2.24) is 9.97 Å². The number of halogens is 3. The third kappa shape index (κ3) is 3.24. The third-order valence-electron chi connectivity index (χ3n) is 2.54. The predicted octanol–water partition coefficient (Wildman–Crippen LogP) is 3.68. The molecule has 1 unspecified atom stereocenters. The van der Waals surface area contributed by atoms with Crippen LogP contribution in [0.3, 0.4) is 0 Å². The van der Waals surface area contributed by atoms with Gasteiger partial charge in [-0.2, -0.15) is 4.98 Å². The summed E-state index contributed by atoms with van der Waals surface area (Å²) in [7, 11) is 0. The molecule has 1 aromatic carbocycles. The Morgan fingerprint density at radius 1 is 1.37 bits per heavy atom. The molecule has 0 aliphatic rings. The Hall–Kier alpha value is -1.59. The van der Waals surface area contributed by atoms with Crippen LogP contribution in [-0.4, -0.2) is 9.97 Å². The van der Waals surface area contributed by atoms with Crippen LogP contribution in [0, 0.1) is 5.82 Å². The number of nitrogens with zero attached hydrogens (tertiary/aromatic N) is 2. The molecule has 0 saturated carbocycles. The molecule has 2 aromatic rings. The van der Waals surface area contributed by atoms with E-state index in [2.05, 4.69) is 15.3 Å². The monoisotopic (exact) mass is 300 g/mol. The van der Waals surface area contributed by atoms with Gasteiger partial charge in [0.05, 0.1) is 12.2 Å². The summed E-state index contributed by atoms with van der Waals surface area (Å²) in [5, 5.41) is 3.93. The second-order valence-electron chi connectivity index (χ2n) is 3.96. The lowest BCUT2D eigenvalue weighted by molar-refractivity contribution is 0.614. The number of hydrogen-bond donors (Lipinski definition) is 2. The second-order valence-corrected chi connectivity index (χ2v) is 4.80. The Labute approximate surface area is 119 Å². The van der Waals surface area contributed by atoms with Crippen LogP contribution in [0.5, 0.6) is 0 Å². The highest BCUT2D eigenvalue weighted by atomic mass is 35.5. The topological polar surface area (TPSA) is 63.8 Å². The van der Waals surface area contributed by atoms with Crippen molar-refractivity contribution in [3.63, 3.8) is 0 Å². The van der Waals surface area contributed by atoms with Gasteiger partial charge in [-0.1, -0.05) is 29.3 Å². The van der Waals surface area contributed by atoms with Crippen molar-refractivity contribution in [3.8, 4) is 0 Å². The van der Waals surface area contributed by atoms with Gasteiger partial charge in [0, 0.05) is 10.0 Å². The average molecular weight is 301 g/mol. The van der Waals surface area contributed by atoms with Gasteiger partial charge in [-0.15, -0.1) is 0 Å². The first-order valence-corrected chi connectivity index (χ1v) is 6.22. The van der Waals surface area contributed by atoms with E-state index < -0.39 is 5.82 Å². The minimum absolute atomic E-state index is 0.00157. The lowest BCUT2D eigenvalue weighted by atomic mass is 10.1. The molecule has 7 heteroatoms. The smallest absolute Gasteiger partial charge is 0.222 e. The highest BCUT2D eigenvalue weighted by molar-refractivity contribution is 6.35. The number of nitrogens with one attached hydrogen (secondary N) is 1. The summed E-state index contributed by atoms with van der Waals surface area (Å²) >= 11 is 11.9. The first-order valence-electron chi connectivity index (χ1n) is 5.47. The van der Waals surface area contributed by atoms with Gasteiger partial charge >= 0.3 is 0 Å². The lowest BCUT2D eigenvalue weighted by Crippen LogP contribution is -2.11. The maximum atomic E-state index is 13.5. The number of nitrogens with two attached hydrogens (primary N) is 1. The van der Waals surface area contributed by atoms with Gasteiger partial charge in [0.2, 0.25) is 5.95 Å². The molecule has 19 heavy (non-hydrogen) atoms. The Bertz CT molecular complexity index is 606. The van der Waals surface area contributed by atoms with Gasteiger partial charge in [0.15, 0.2) is 11.6 Å². The molecule has 0 radical (unpaired) electrons. The fourth-order valence-corrected chi connectivity index (χ4v) is 2.19. The zero-order valence-electron chi connectivity index (χ0n) is 9.99. The van der Waals surface area contributed by atoms with Crippen molar-refractivity contribution >= 4 is 35.0 Å². The van der Waals surface area contributed by atoms with E-state index >= 15 is 0 Å². The van der Waals surface area contributed by atoms with Crippen LogP contribution >= 0.6 is 23.2 Å². The number of aromatic nitrogens is 2. The minimum Gasteiger partial charge on any atom is -0.368 e. The summed E-state index contributed by atoms with van der Waals surface area (Å²) in [6.07, 6.45) is 1.01. The first kappa shape index (κ1) is 13.8. The standard InChI is InChI=1S/C12H11Cl2FN4/c1-6(8-3-2-7(13)4-9(8)14)18-11-10(15)5-17-12(16)19-11/h2-6H,1H3,(H3,16,17,18,19). The van der Waals surface area contributed by atoms with E-state index in [0.717, 1.165) is 11.8 Å². The van der Waals surface area contributed by atoms with Gasteiger partial charge in [-0.25, -0.2) is 9.37 Å². The van der Waals surface area contributed by atoms with Crippen molar-refractivity contribution in [2.24, 2.45) is 0 Å². The van der Waals surface area contributed by atoms with Gasteiger partial charge in [-0.05, 0) is 24.6 Å². The van der Waals surface area contributed by atoms with Gasteiger partial charge in [-0.3, -0.25) is 0 Å². The van der Waals surface area contributed by atoms with E-state index in [0.29, 0.717) is 10.0 Å². The maximum Gasteiger partial charge on any atom is 0.222 e. The van der Waals surface area contributed by atoms with E-state index in [1.165, 1.54) is 0 Å². The summed E-state index contributed by atoms with van der Waals surface area (Å²) in [4.78, 5) is 7.35. The van der Waals surface area contributed by atoms with Crippen molar-refractivity contribution in [1.29, 1.82) is 0 Å². The van der Waals surface area contributed by atoms with Crippen molar-refractivity contribution in [3.05, 3.63) is 45.8 Å². The Kier molecular flexibility index (Phi) is 4.07. The summed E-state index contributed by atoms with van der Waals surface area (Å²) in [5.74, 6) is -0.546. The predicted molar refractivity (Wildman–Crippen MR) is 74.9 cm³/mol. The van der Waals surface area contributed by atoms with E-state index in [-0.39, 0.29) is 17.8 Å². The Morgan fingerprint density at radius 3 is 2.79 bits per heavy atom. The molecule has 1 aromatic heterocycles. The Morgan fingerprint density at radius 2 is 2.11 bits per heavy atom. The molecular weight excluding hydrogens is 290 g/mol. The van der Waals surface area contributed by atoms with Crippen molar-refractivity contribution < 1.29 is 4.39 Å². The van der Waals surface area contributed by atoms with Crippen LogP contribution in [0.1, 0.15) is 18.5 Å². The van der Waals surface area contributed by atoms with E-state index in [1.807, 2.05) is 6.92 Å². The number of hydrogen-bond acceptors (Lipinski definition) is 4. The molecule has 1 heterocycles. The van der Waals surface area contributed by atoms with Crippen LogP contribution in [0.25, 0.3) is 0 Å². The number of nitrogen functional groups attached to an aromatic ring is 1. The zero-order valence-corrected chi connectivity index (χ0v) is 11.5. The number of anilines is 2. The van der Waals surface area contributed by atoms with Crippen LogP contribution in [0.4, 0.5) is 16.2 Å². The maximum absolute atomic E-state index is 13.5. The summed E-state index contributed by atoms with van der Waals surface area (Å²) in [5.41, 5.74) is 6.20. The molecule has 0 saturated heterocycles. The molecule has 100 valence electrons. The number of benzene rings is 1. The van der Waals surface area contributed by atoms with Crippen LogP contribution in [0.15, 0.2) is 24.4 Å². The van der Waals surface area contributed by atoms with E-state index in [1.54, 1.807) is 18.2 Å². The molecule has 1 atom stereocenters. The quantitative estimate of drug-likeness (QED) is 0.907. The fourth-order valence-electron chi connectivity index (χ4n) is 1.62. The summed E-state index contributed by atoms with van der Waals surface area (Å²) in [6.45, 7) is 1.83. The molecule has 0 amide bonds. The lowest BCUT2D eigenvalue weighted by Gasteiger charge is -2.16. The minimum atomic E-state index is -0.578. The molecule has 3 N–H and O–H groups in total. The fraction of sp³-hybridized carbons (Fsp3) is 0.167. The summed E-state index contributed by atoms with van der Waals surface area (Å²) in [6, 6.07) is 4.85. The largest absolute Gasteiger partial charge is 0.368 e. The first-order chi connectivity index (χ1) is 8.97. The highest BCUT2D eigenvalue weighted by Crippen LogP contribution is 2.28. The number of rotatable bonds is 3. The van der Waals surface area contributed by atoms with E-state index in [9.17, 15) is 4.39 Å². The van der Waals surface area contributed by atoms with Crippen LogP contribution in [0.2, 0.25) is 10.0 Å². The van der Waals surface area contributed by atoms with Gasteiger partial charge < -0.3 is 11.1 Å². The van der Waals surface area contributed by atoms with Crippen molar-refractivity contribution in [2.75, 3.05) is 11.1 Å². The molecular formula is C12H11Cl2FN4. The molecule has 0 aliphatic heterocycles. The van der Waals surface area contributed by atoms with E-state index in [4.69, 9.17) is 28.9 Å². The second kappa shape index (κ2) is 5.59. The Balaban J connectivity index is 2.25. The normalized spacial score (nSPS) is 12.2. The zero-order chi connectivity index (χ0) is 14.0. The molecule has 0 fully saturated rings. The molecule has 0 spiro atoms. The summed E-state index contributed by atoms with van der Waals surface area (Å²) < 4.78 is 13.5. The molecule has 0 bridgehead atoms. The molecule has 2 rings (SSSR count).